The molecular formula is C12H22O3. The van der Waals surface area contributed by atoms with Crippen LogP contribution in [-0.2, 0) is 9.53 Å². The summed E-state index contributed by atoms with van der Waals surface area (Å²) < 4.78 is 5.10. The average Bonchev–Trinajstić information content (AvgIpc) is 2.25. The molecule has 1 rings (SSSR count). The SMILES string of the molecule is CCCCCOC(=O)C1(O)CCCCC1. The number of hydrogen-bond donors (Lipinski definition) is 1. The summed E-state index contributed by atoms with van der Waals surface area (Å²) in [4.78, 5) is 11.6. The fourth-order valence-corrected chi connectivity index (χ4v) is 1.99. The molecule has 1 saturated carbocycles. The Balaban J connectivity index is 2.25. The number of carbonyl (C=O) groups excluding carboxylic acids is 1. The number of rotatable bonds is 5. The van der Waals surface area contributed by atoms with Crippen LogP contribution in [0.3, 0.4) is 0 Å². The first-order chi connectivity index (χ1) is 7.19. The van der Waals surface area contributed by atoms with E-state index in [9.17, 15) is 9.90 Å². The van der Waals surface area contributed by atoms with E-state index in [0.717, 1.165) is 38.5 Å². The van der Waals surface area contributed by atoms with Gasteiger partial charge in [-0.2, -0.15) is 0 Å². The third-order valence-corrected chi connectivity index (χ3v) is 3.04. The van der Waals surface area contributed by atoms with Crippen LogP contribution in [0.5, 0.6) is 0 Å². The van der Waals surface area contributed by atoms with Gasteiger partial charge >= 0.3 is 5.97 Å². The molecule has 1 aliphatic carbocycles. The molecule has 0 aromatic rings. The Kier molecular flexibility index (Phi) is 5.09. The van der Waals surface area contributed by atoms with E-state index >= 15 is 0 Å². The smallest absolute Gasteiger partial charge is 0.338 e. The summed E-state index contributed by atoms with van der Waals surface area (Å²) in [7, 11) is 0. The molecule has 0 heterocycles. The summed E-state index contributed by atoms with van der Waals surface area (Å²) >= 11 is 0. The van der Waals surface area contributed by atoms with E-state index in [1.165, 1.54) is 0 Å². The average molecular weight is 214 g/mol. The van der Waals surface area contributed by atoms with Crippen molar-refractivity contribution in [2.24, 2.45) is 0 Å². The van der Waals surface area contributed by atoms with Gasteiger partial charge in [-0.1, -0.05) is 26.2 Å². The number of esters is 1. The molecule has 1 N–H and O–H groups in total. The zero-order valence-electron chi connectivity index (χ0n) is 9.63. The minimum Gasteiger partial charge on any atom is -0.464 e. The molecule has 3 heteroatoms. The second-order valence-corrected chi connectivity index (χ2v) is 4.44. The summed E-state index contributed by atoms with van der Waals surface area (Å²) in [6, 6.07) is 0. The number of ether oxygens (including phenoxy) is 1. The topological polar surface area (TPSA) is 46.5 Å². The minimum atomic E-state index is -1.18. The van der Waals surface area contributed by atoms with Crippen LogP contribution in [-0.4, -0.2) is 23.3 Å². The van der Waals surface area contributed by atoms with Crippen LogP contribution < -0.4 is 0 Å². The van der Waals surface area contributed by atoms with Crippen LogP contribution in [0.4, 0.5) is 0 Å². The highest BCUT2D eigenvalue weighted by atomic mass is 16.5. The first-order valence-corrected chi connectivity index (χ1v) is 6.08. The highest BCUT2D eigenvalue weighted by Gasteiger charge is 2.38. The fraction of sp³-hybridized carbons (Fsp3) is 0.917. The largest absolute Gasteiger partial charge is 0.464 e. The third kappa shape index (κ3) is 3.82. The Labute approximate surface area is 91.8 Å². The van der Waals surface area contributed by atoms with Crippen molar-refractivity contribution in [2.75, 3.05) is 6.61 Å². The molecule has 88 valence electrons. The monoisotopic (exact) mass is 214 g/mol. The lowest BCUT2D eigenvalue weighted by molar-refractivity contribution is -0.169. The molecule has 0 aromatic heterocycles. The molecule has 0 amide bonds. The summed E-state index contributed by atoms with van der Waals surface area (Å²) in [5.41, 5.74) is -1.18. The summed E-state index contributed by atoms with van der Waals surface area (Å²) in [5, 5.41) is 10.0. The van der Waals surface area contributed by atoms with Crippen molar-refractivity contribution in [1.82, 2.24) is 0 Å². The van der Waals surface area contributed by atoms with Gasteiger partial charge in [0.1, 0.15) is 0 Å². The van der Waals surface area contributed by atoms with E-state index in [1.807, 2.05) is 0 Å². The maximum Gasteiger partial charge on any atom is 0.338 e. The van der Waals surface area contributed by atoms with Gasteiger partial charge in [-0.15, -0.1) is 0 Å². The van der Waals surface area contributed by atoms with Crippen molar-refractivity contribution < 1.29 is 14.6 Å². The summed E-state index contributed by atoms with van der Waals surface area (Å²) in [6.45, 7) is 2.56. The van der Waals surface area contributed by atoms with E-state index in [-0.39, 0.29) is 0 Å². The molecular weight excluding hydrogens is 192 g/mol. The molecule has 0 unspecified atom stereocenters. The Morgan fingerprint density at radius 1 is 1.27 bits per heavy atom. The van der Waals surface area contributed by atoms with E-state index in [0.29, 0.717) is 19.4 Å². The van der Waals surface area contributed by atoms with E-state index < -0.39 is 11.6 Å². The molecule has 0 atom stereocenters. The zero-order valence-corrected chi connectivity index (χ0v) is 9.63. The van der Waals surface area contributed by atoms with E-state index in [1.54, 1.807) is 0 Å². The van der Waals surface area contributed by atoms with Gasteiger partial charge in [0.05, 0.1) is 6.61 Å². The normalized spacial score (nSPS) is 19.9. The number of hydrogen-bond acceptors (Lipinski definition) is 3. The molecule has 0 aliphatic heterocycles. The van der Waals surface area contributed by atoms with Crippen molar-refractivity contribution in [3.8, 4) is 0 Å². The molecule has 0 spiro atoms. The molecule has 1 aliphatic rings. The number of aliphatic hydroxyl groups is 1. The first-order valence-electron chi connectivity index (χ1n) is 6.08. The third-order valence-electron chi connectivity index (χ3n) is 3.04. The van der Waals surface area contributed by atoms with Gasteiger partial charge in [0.15, 0.2) is 5.60 Å². The number of unbranched alkanes of at least 4 members (excludes halogenated alkanes) is 2. The Morgan fingerprint density at radius 2 is 1.93 bits per heavy atom. The van der Waals surface area contributed by atoms with Gasteiger partial charge in [0, 0.05) is 0 Å². The molecule has 0 bridgehead atoms. The number of carbonyl (C=O) groups is 1. The highest BCUT2D eigenvalue weighted by molar-refractivity contribution is 5.79. The van der Waals surface area contributed by atoms with Crippen LogP contribution in [0.1, 0.15) is 58.3 Å². The van der Waals surface area contributed by atoms with Gasteiger partial charge in [-0.05, 0) is 32.1 Å². The molecule has 0 radical (unpaired) electrons. The lowest BCUT2D eigenvalue weighted by Crippen LogP contribution is -2.41. The van der Waals surface area contributed by atoms with Crippen molar-refractivity contribution in [3.05, 3.63) is 0 Å². The standard InChI is InChI=1S/C12H22O3/c1-2-3-7-10-15-11(13)12(14)8-5-4-6-9-12/h14H,2-10H2,1H3. The maximum absolute atomic E-state index is 11.6. The van der Waals surface area contributed by atoms with Crippen LogP contribution in [0.2, 0.25) is 0 Å². The summed E-state index contributed by atoms with van der Waals surface area (Å²) in [6.07, 6.45) is 7.21. The molecule has 0 saturated heterocycles. The fourth-order valence-electron chi connectivity index (χ4n) is 1.99. The van der Waals surface area contributed by atoms with Gasteiger partial charge in [-0.25, -0.2) is 4.79 Å². The Morgan fingerprint density at radius 3 is 2.53 bits per heavy atom. The Hall–Kier alpha value is -0.570. The van der Waals surface area contributed by atoms with Crippen molar-refractivity contribution >= 4 is 5.97 Å². The lowest BCUT2D eigenvalue weighted by Gasteiger charge is -2.29. The quantitative estimate of drug-likeness (QED) is 0.564. The van der Waals surface area contributed by atoms with E-state index in [4.69, 9.17) is 4.74 Å². The van der Waals surface area contributed by atoms with E-state index in [2.05, 4.69) is 6.92 Å². The van der Waals surface area contributed by atoms with Crippen LogP contribution >= 0.6 is 0 Å². The second-order valence-electron chi connectivity index (χ2n) is 4.44. The van der Waals surface area contributed by atoms with Gasteiger partial charge in [0.2, 0.25) is 0 Å². The van der Waals surface area contributed by atoms with Crippen LogP contribution in [0, 0.1) is 0 Å². The van der Waals surface area contributed by atoms with Gasteiger partial charge in [0.25, 0.3) is 0 Å². The summed E-state index contributed by atoms with van der Waals surface area (Å²) in [5.74, 6) is -0.404. The Bertz CT molecular complexity index is 195. The van der Waals surface area contributed by atoms with Gasteiger partial charge in [-0.3, -0.25) is 0 Å². The second kappa shape index (κ2) is 6.11. The van der Waals surface area contributed by atoms with Crippen LogP contribution in [0.25, 0.3) is 0 Å². The van der Waals surface area contributed by atoms with Gasteiger partial charge < -0.3 is 9.84 Å². The van der Waals surface area contributed by atoms with Crippen molar-refractivity contribution in [2.45, 2.75) is 63.9 Å². The maximum atomic E-state index is 11.6. The van der Waals surface area contributed by atoms with Crippen molar-refractivity contribution in [1.29, 1.82) is 0 Å². The molecule has 15 heavy (non-hydrogen) atoms. The predicted octanol–water partition coefficient (Wildman–Crippen LogP) is 2.42. The molecule has 3 nitrogen and oxygen atoms in total. The molecule has 0 aromatic carbocycles. The highest BCUT2D eigenvalue weighted by Crippen LogP contribution is 2.29. The lowest BCUT2D eigenvalue weighted by atomic mass is 9.85. The first kappa shape index (κ1) is 12.5. The minimum absolute atomic E-state index is 0.404. The molecule has 1 fully saturated rings. The van der Waals surface area contributed by atoms with Crippen LogP contribution in [0.15, 0.2) is 0 Å². The zero-order chi connectivity index (χ0) is 11.1. The van der Waals surface area contributed by atoms with Crippen molar-refractivity contribution in [3.63, 3.8) is 0 Å². The predicted molar refractivity (Wildman–Crippen MR) is 58.5 cm³/mol.